The molecule has 158 valence electrons. The van der Waals surface area contributed by atoms with E-state index in [-0.39, 0.29) is 0 Å². The molecular weight excluding hydrogens is 518 g/mol. The minimum absolute atomic E-state index is 0.417. The van der Waals surface area contributed by atoms with Gasteiger partial charge < -0.3 is 8.83 Å². The number of hydrazone groups is 1. The van der Waals surface area contributed by atoms with Gasteiger partial charge in [-0.3, -0.25) is 5.43 Å². The highest BCUT2D eigenvalue weighted by atomic mass is 79.9. The summed E-state index contributed by atoms with van der Waals surface area (Å²) in [6, 6.07) is 13.1. The molecule has 0 aliphatic heterocycles. The standard InChI is InChI=1S/C22H11BrClN3O4S/c23-12-1-3-19-16(6-12)15(8-21(29)31-19)17-10-32-22(26-17)27-25-9-11-5-20(28)30-18-4-2-13(24)7-14(11)18/h1-10H,(H,26,27)/b25-9+. The van der Waals surface area contributed by atoms with Crippen LogP contribution in [0.15, 0.2) is 81.9 Å². The molecule has 0 aliphatic rings. The summed E-state index contributed by atoms with van der Waals surface area (Å²) in [7, 11) is 0. The van der Waals surface area contributed by atoms with Crippen LogP contribution in [0.25, 0.3) is 33.2 Å². The van der Waals surface area contributed by atoms with Crippen molar-refractivity contribution in [2.45, 2.75) is 0 Å². The minimum atomic E-state index is -0.487. The predicted molar refractivity (Wildman–Crippen MR) is 130 cm³/mol. The molecule has 0 unspecified atom stereocenters. The summed E-state index contributed by atoms with van der Waals surface area (Å²) in [5.41, 5.74) is 4.64. The van der Waals surface area contributed by atoms with Crippen LogP contribution >= 0.6 is 38.9 Å². The zero-order valence-corrected chi connectivity index (χ0v) is 19.1. The minimum Gasteiger partial charge on any atom is -0.423 e. The van der Waals surface area contributed by atoms with Gasteiger partial charge >= 0.3 is 11.3 Å². The smallest absolute Gasteiger partial charge is 0.336 e. The van der Waals surface area contributed by atoms with E-state index in [0.29, 0.717) is 43.5 Å². The molecule has 0 fully saturated rings. The van der Waals surface area contributed by atoms with Crippen molar-refractivity contribution < 1.29 is 8.83 Å². The molecule has 0 radical (unpaired) electrons. The van der Waals surface area contributed by atoms with Crippen LogP contribution in [0.3, 0.4) is 0 Å². The maximum atomic E-state index is 12.0. The maximum absolute atomic E-state index is 12.0. The van der Waals surface area contributed by atoms with Crippen LogP contribution in [0.4, 0.5) is 5.13 Å². The first kappa shape index (κ1) is 20.6. The number of fused-ring (bicyclic) bond motifs is 2. The van der Waals surface area contributed by atoms with E-state index in [2.05, 4.69) is 31.4 Å². The van der Waals surface area contributed by atoms with E-state index in [0.717, 1.165) is 9.86 Å². The number of benzene rings is 2. The molecule has 0 amide bonds. The van der Waals surface area contributed by atoms with E-state index in [1.54, 1.807) is 30.3 Å². The van der Waals surface area contributed by atoms with Gasteiger partial charge in [0.15, 0.2) is 0 Å². The highest BCUT2D eigenvalue weighted by Gasteiger charge is 2.12. The van der Waals surface area contributed by atoms with Crippen molar-refractivity contribution in [2.24, 2.45) is 5.10 Å². The highest BCUT2D eigenvalue weighted by Crippen LogP contribution is 2.31. The third-order valence-electron chi connectivity index (χ3n) is 4.59. The van der Waals surface area contributed by atoms with Crippen molar-refractivity contribution >= 4 is 72.2 Å². The van der Waals surface area contributed by atoms with Gasteiger partial charge in [-0.1, -0.05) is 27.5 Å². The number of thiazole rings is 1. The first-order valence-electron chi connectivity index (χ1n) is 9.18. The normalized spacial score (nSPS) is 11.6. The summed E-state index contributed by atoms with van der Waals surface area (Å²) >= 11 is 10.8. The lowest BCUT2D eigenvalue weighted by Crippen LogP contribution is -2.01. The average Bonchev–Trinajstić information content (AvgIpc) is 3.22. The van der Waals surface area contributed by atoms with Gasteiger partial charge in [0.25, 0.3) is 0 Å². The van der Waals surface area contributed by atoms with Crippen LogP contribution in [-0.2, 0) is 0 Å². The maximum Gasteiger partial charge on any atom is 0.336 e. The van der Waals surface area contributed by atoms with Crippen LogP contribution in [-0.4, -0.2) is 11.2 Å². The lowest BCUT2D eigenvalue weighted by Gasteiger charge is -2.03. The number of halogens is 2. The molecule has 0 spiro atoms. The van der Waals surface area contributed by atoms with E-state index in [9.17, 15) is 9.59 Å². The second-order valence-corrected chi connectivity index (χ2v) is 8.90. The molecule has 5 rings (SSSR count). The Labute approximate surface area is 197 Å². The number of anilines is 1. The van der Waals surface area contributed by atoms with Crippen molar-refractivity contribution in [3.8, 4) is 11.3 Å². The van der Waals surface area contributed by atoms with Gasteiger partial charge in [0.05, 0.1) is 11.9 Å². The molecule has 0 saturated heterocycles. The molecule has 1 N–H and O–H groups in total. The first-order valence-corrected chi connectivity index (χ1v) is 11.2. The summed E-state index contributed by atoms with van der Waals surface area (Å²) in [5.74, 6) is 0. The zero-order chi connectivity index (χ0) is 22.2. The van der Waals surface area contributed by atoms with Crippen molar-refractivity contribution in [2.75, 3.05) is 5.43 Å². The summed E-state index contributed by atoms with van der Waals surface area (Å²) < 4.78 is 11.3. The third kappa shape index (κ3) is 4.10. The Morgan fingerprint density at radius 2 is 1.75 bits per heavy atom. The van der Waals surface area contributed by atoms with Gasteiger partial charge in [-0.25, -0.2) is 14.6 Å². The Hall–Kier alpha value is -3.27. The Morgan fingerprint density at radius 1 is 1.00 bits per heavy atom. The van der Waals surface area contributed by atoms with Crippen molar-refractivity contribution in [3.05, 3.63) is 89.8 Å². The third-order valence-corrected chi connectivity index (χ3v) is 6.06. The average molecular weight is 529 g/mol. The van der Waals surface area contributed by atoms with Crippen molar-refractivity contribution in [1.82, 2.24) is 4.98 Å². The monoisotopic (exact) mass is 527 g/mol. The Bertz CT molecular complexity index is 1640. The molecule has 32 heavy (non-hydrogen) atoms. The molecule has 0 aliphatic carbocycles. The van der Waals surface area contributed by atoms with Gasteiger partial charge in [-0.05, 0) is 36.4 Å². The summed E-state index contributed by atoms with van der Waals surface area (Å²) in [4.78, 5) is 28.3. The highest BCUT2D eigenvalue weighted by molar-refractivity contribution is 9.10. The molecule has 0 saturated carbocycles. The molecule has 5 aromatic rings. The zero-order valence-electron chi connectivity index (χ0n) is 16.0. The Kier molecular flexibility index (Phi) is 5.38. The number of rotatable bonds is 4. The number of hydrogen-bond donors (Lipinski definition) is 1. The molecule has 0 atom stereocenters. The van der Waals surface area contributed by atoms with E-state index in [1.807, 2.05) is 11.4 Å². The largest absolute Gasteiger partial charge is 0.423 e. The van der Waals surface area contributed by atoms with Gasteiger partial charge in [0.1, 0.15) is 11.2 Å². The lowest BCUT2D eigenvalue weighted by atomic mass is 10.1. The fraction of sp³-hybridized carbons (Fsp3) is 0. The fourth-order valence-corrected chi connectivity index (χ4v) is 4.41. The van der Waals surface area contributed by atoms with E-state index in [4.69, 9.17) is 20.4 Å². The fourth-order valence-electron chi connectivity index (χ4n) is 3.22. The first-order chi connectivity index (χ1) is 15.5. The van der Waals surface area contributed by atoms with E-state index < -0.39 is 11.3 Å². The molecule has 0 bridgehead atoms. The lowest BCUT2D eigenvalue weighted by molar-refractivity contribution is 0.560. The SMILES string of the molecule is O=c1cc(/C=N/Nc2nc(-c3cc(=O)oc4ccc(Br)cc34)cs2)c2cc(Cl)ccc2o1. The summed E-state index contributed by atoms with van der Waals surface area (Å²) in [6.45, 7) is 0. The van der Waals surface area contributed by atoms with E-state index >= 15 is 0 Å². The van der Waals surface area contributed by atoms with E-state index in [1.165, 1.54) is 29.7 Å². The quantitative estimate of drug-likeness (QED) is 0.178. The number of hydrogen-bond acceptors (Lipinski definition) is 8. The van der Waals surface area contributed by atoms with Crippen LogP contribution in [0.5, 0.6) is 0 Å². The molecular formula is C22H11BrClN3O4S. The van der Waals surface area contributed by atoms with Crippen LogP contribution < -0.4 is 16.7 Å². The van der Waals surface area contributed by atoms with Crippen LogP contribution in [0.2, 0.25) is 5.02 Å². The second-order valence-electron chi connectivity index (χ2n) is 6.69. The van der Waals surface area contributed by atoms with Gasteiger partial charge in [-0.2, -0.15) is 5.10 Å². The van der Waals surface area contributed by atoms with Gasteiger partial charge in [0.2, 0.25) is 5.13 Å². The summed E-state index contributed by atoms with van der Waals surface area (Å²) in [6.07, 6.45) is 1.50. The number of nitrogens with one attached hydrogen (secondary N) is 1. The molecule has 3 heterocycles. The number of nitrogens with zero attached hydrogens (tertiary/aromatic N) is 2. The topological polar surface area (TPSA) is 97.7 Å². The van der Waals surface area contributed by atoms with Gasteiger partial charge in [0, 0.05) is 48.9 Å². The van der Waals surface area contributed by atoms with Gasteiger partial charge in [-0.15, -0.1) is 11.3 Å². The van der Waals surface area contributed by atoms with Crippen molar-refractivity contribution in [3.63, 3.8) is 0 Å². The number of aromatic nitrogens is 1. The predicted octanol–water partition coefficient (Wildman–Crippen LogP) is 5.88. The molecule has 3 aromatic heterocycles. The Balaban J connectivity index is 1.46. The molecule has 2 aromatic carbocycles. The Morgan fingerprint density at radius 3 is 2.59 bits per heavy atom. The molecule has 7 nitrogen and oxygen atoms in total. The van der Waals surface area contributed by atoms with Crippen molar-refractivity contribution in [1.29, 1.82) is 0 Å². The molecule has 10 heteroatoms. The van der Waals surface area contributed by atoms with Crippen LogP contribution in [0.1, 0.15) is 5.56 Å². The second kappa shape index (κ2) is 8.34. The summed E-state index contributed by atoms with van der Waals surface area (Å²) in [5, 5.41) is 8.47. The van der Waals surface area contributed by atoms with Crippen LogP contribution in [0, 0.1) is 0 Å².